The number of thiazole rings is 1. The first-order valence-electron chi connectivity index (χ1n) is 8.09. The van der Waals surface area contributed by atoms with E-state index in [1.165, 1.54) is 4.88 Å². The van der Waals surface area contributed by atoms with E-state index in [-0.39, 0.29) is 18.4 Å². The topological polar surface area (TPSA) is 63.8 Å². The minimum absolute atomic E-state index is 0. The molecule has 0 saturated heterocycles. The van der Waals surface area contributed by atoms with E-state index in [9.17, 15) is 0 Å². The Kier molecular flexibility index (Phi) is 8.12. The Bertz CT molecular complexity index is 852. The van der Waals surface area contributed by atoms with E-state index in [0.29, 0.717) is 17.6 Å². The number of anilines is 1. The van der Waals surface area contributed by atoms with Gasteiger partial charge in [0.15, 0.2) is 0 Å². The molecular formula is C17H21BrCl2N4S2. The Hall–Kier alpha value is -0.440. The van der Waals surface area contributed by atoms with Gasteiger partial charge in [0, 0.05) is 28.6 Å². The Labute approximate surface area is 181 Å². The summed E-state index contributed by atoms with van der Waals surface area (Å²) in [6.07, 6.45) is 3.65. The molecule has 0 amide bonds. The van der Waals surface area contributed by atoms with Crippen LogP contribution in [0.4, 0.5) is 5.69 Å². The van der Waals surface area contributed by atoms with Crippen molar-refractivity contribution in [2.75, 3.05) is 5.32 Å². The maximum atomic E-state index is 6.31. The monoisotopic (exact) mass is 494 g/mol. The van der Waals surface area contributed by atoms with Crippen molar-refractivity contribution < 1.29 is 0 Å². The van der Waals surface area contributed by atoms with Gasteiger partial charge in [-0.1, -0.05) is 25.4 Å². The van der Waals surface area contributed by atoms with Crippen LogP contribution in [0.25, 0.3) is 10.2 Å². The van der Waals surface area contributed by atoms with E-state index in [2.05, 4.69) is 45.1 Å². The van der Waals surface area contributed by atoms with Crippen molar-refractivity contribution in [1.82, 2.24) is 9.97 Å². The van der Waals surface area contributed by atoms with E-state index in [1.54, 1.807) is 22.7 Å². The number of hydrogen-bond donors (Lipinski definition) is 2. The third-order valence-electron chi connectivity index (χ3n) is 3.75. The quantitative estimate of drug-likeness (QED) is 0.387. The molecule has 0 unspecified atom stereocenters. The van der Waals surface area contributed by atoms with E-state index < -0.39 is 0 Å². The van der Waals surface area contributed by atoms with Crippen molar-refractivity contribution in [2.24, 2.45) is 11.7 Å². The molecule has 3 aromatic rings. The number of halogens is 3. The molecule has 0 spiro atoms. The first kappa shape index (κ1) is 21.9. The summed E-state index contributed by atoms with van der Waals surface area (Å²) < 4.78 is 2.10. The van der Waals surface area contributed by atoms with Crippen LogP contribution in [0.15, 0.2) is 22.1 Å². The highest BCUT2D eigenvalue weighted by Gasteiger charge is 2.18. The number of pyridine rings is 1. The van der Waals surface area contributed by atoms with Crippen LogP contribution in [-0.2, 0) is 13.0 Å². The van der Waals surface area contributed by atoms with Gasteiger partial charge in [-0.3, -0.25) is 0 Å². The second-order valence-electron chi connectivity index (χ2n) is 6.38. The molecule has 0 aliphatic heterocycles. The predicted octanol–water partition coefficient (Wildman–Crippen LogP) is 6.12. The van der Waals surface area contributed by atoms with Crippen LogP contribution in [0.1, 0.15) is 30.2 Å². The standard InChI is InChI=1S/C17H20BrClN4S2.ClH/c1-9(2)5-10(20)6-12-15(18)16-17(25-12)11(7-13(19)23-16)22-8-14-21-3-4-24-14;/h3-4,7,9-10H,5-6,8,20H2,1-2H3,(H,22,23);1H/t10-;/m0./s1. The molecule has 3 aromatic heterocycles. The van der Waals surface area contributed by atoms with Crippen LogP contribution < -0.4 is 11.1 Å². The highest BCUT2D eigenvalue weighted by atomic mass is 79.9. The summed E-state index contributed by atoms with van der Waals surface area (Å²) in [4.78, 5) is 10.0. The molecule has 0 saturated carbocycles. The zero-order valence-corrected chi connectivity index (χ0v) is 19.3. The van der Waals surface area contributed by atoms with Gasteiger partial charge in [0.05, 0.1) is 26.9 Å². The van der Waals surface area contributed by atoms with Gasteiger partial charge in [0.25, 0.3) is 0 Å². The van der Waals surface area contributed by atoms with Gasteiger partial charge < -0.3 is 11.1 Å². The summed E-state index contributed by atoms with van der Waals surface area (Å²) >= 11 is 13.3. The molecule has 3 heterocycles. The van der Waals surface area contributed by atoms with Crippen molar-refractivity contribution in [3.63, 3.8) is 0 Å². The van der Waals surface area contributed by atoms with Gasteiger partial charge in [-0.25, -0.2) is 9.97 Å². The third-order valence-corrected chi connectivity index (χ3v) is 7.08. The summed E-state index contributed by atoms with van der Waals surface area (Å²) in [6.45, 7) is 5.06. The van der Waals surface area contributed by atoms with Crippen molar-refractivity contribution in [1.29, 1.82) is 0 Å². The van der Waals surface area contributed by atoms with Crippen molar-refractivity contribution in [2.45, 2.75) is 39.3 Å². The van der Waals surface area contributed by atoms with Crippen molar-refractivity contribution in [3.05, 3.63) is 37.2 Å². The summed E-state index contributed by atoms with van der Waals surface area (Å²) in [6, 6.07) is 2.02. The molecule has 0 radical (unpaired) electrons. The summed E-state index contributed by atoms with van der Waals surface area (Å²) in [5, 5.41) is 6.93. The number of aromatic nitrogens is 2. The Morgan fingerprint density at radius 1 is 1.38 bits per heavy atom. The fourth-order valence-electron chi connectivity index (χ4n) is 2.75. The molecule has 1 atom stereocenters. The minimum Gasteiger partial charge on any atom is -0.377 e. The lowest BCUT2D eigenvalue weighted by molar-refractivity contribution is 0.495. The van der Waals surface area contributed by atoms with Crippen LogP contribution in [0, 0.1) is 5.92 Å². The van der Waals surface area contributed by atoms with E-state index in [1.807, 2.05) is 17.6 Å². The number of thiophene rings is 1. The second-order valence-corrected chi connectivity index (χ2v) is 9.65. The fourth-order valence-corrected chi connectivity index (χ4v) is 5.54. The van der Waals surface area contributed by atoms with E-state index >= 15 is 0 Å². The largest absolute Gasteiger partial charge is 0.377 e. The number of hydrogen-bond acceptors (Lipinski definition) is 6. The lowest BCUT2D eigenvalue weighted by Gasteiger charge is -2.12. The van der Waals surface area contributed by atoms with Crippen molar-refractivity contribution in [3.8, 4) is 0 Å². The third kappa shape index (κ3) is 5.30. The zero-order valence-electron chi connectivity index (χ0n) is 14.5. The Morgan fingerprint density at radius 2 is 2.15 bits per heavy atom. The van der Waals surface area contributed by atoms with Gasteiger partial charge in [-0.15, -0.1) is 35.1 Å². The van der Waals surface area contributed by atoms with Crippen LogP contribution in [0.2, 0.25) is 5.15 Å². The van der Waals surface area contributed by atoms with Gasteiger partial charge in [-0.05, 0) is 34.7 Å². The molecule has 0 fully saturated rings. The fraction of sp³-hybridized carbons (Fsp3) is 0.412. The molecule has 3 N–H and O–H groups in total. The number of nitrogens with zero attached hydrogens (tertiary/aromatic N) is 2. The smallest absolute Gasteiger partial charge is 0.131 e. The van der Waals surface area contributed by atoms with Crippen molar-refractivity contribution >= 4 is 78.5 Å². The van der Waals surface area contributed by atoms with Gasteiger partial charge in [-0.2, -0.15) is 0 Å². The molecule has 4 nitrogen and oxygen atoms in total. The minimum atomic E-state index is 0. The maximum absolute atomic E-state index is 6.31. The summed E-state index contributed by atoms with van der Waals surface area (Å²) in [5.74, 6) is 0.589. The number of rotatable bonds is 7. The highest BCUT2D eigenvalue weighted by molar-refractivity contribution is 9.10. The number of fused-ring (bicyclic) bond motifs is 1. The SMILES string of the molecule is CC(C)C[C@H](N)Cc1sc2c(NCc3nccs3)cc(Cl)nc2c1Br.Cl. The van der Waals surface area contributed by atoms with Gasteiger partial charge in [0.2, 0.25) is 0 Å². The molecule has 3 rings (SSSR count). The highest BCUT2D eigenvalue weighted by Crippen LogP contribution is 2.40. The van der Waals surface area contributed by atoms with Gasteiger partial charge >= 0.3 is 0 Å². The molecule has 0 aliphatic carbocycles. The Morgan fingerprint density at radius 3 is 2.81 bits per heavy atom. The van der Waals surface area contributed by atoms with Crippen LogP contribution in [-0.4, -0.2) is 16.0 Å². The first-order chi connectivity index (χ1) is 11.9. The molecule has 0 bridgehead atoms. The number of nitrogens with two attached hydrogens (primary N) is 1. The second kappa shape index (κ2) is 9.66. The van der Waals surface area contributed by atoms with E-state index in [0.717, 1.165) is 38.2 Å². The number of nitrogens with one attached hydrogen (secondary N) is 1. The Balaban J connectivity index is 0.00000243. The molecule has 142 valence electrons. The molecular weight excluding hydrogens is 475 g/mol. The van der Waals surface area contributed by atoms with Crippen LogP contribution >= 0.6 is 62.6 Å². The average Bonchev–Trinajstić information content (AvgIpc) is 3.14. The molecule has 0 aromatic carbocycles. The lowest BCUT2D eigenvalue weighted by Crippen LogP contribution is -2.24. The summed E-state index contributed by atoms with van der Waals surface area (Å²) in [5.41, 5.74) is 8.19. The average molecular weight is 496 g/mol. The van der Waals surface area contributed by atoms with Crippen LogP contribution in [0.5, 0.6) is 0 Å². The maximum Gasteiger partial charge on any atom is 0.131 e. The van der Waals surface area contributed by atoms with Crippen LogP contribution in [0.3, 0.4) is 0 Å². The van der Waals surface area contributed by atoms with Gasteiger partial charge in [0.1, 0.15) is 10.2 Å². The molecule has 26 heavy (non-hydrogen) atoms. The van der Waals surface area contributed by atoms with E-state index in [4.69, 9.17) is 17.3 Å². The first-order valence-corrected chi connectivity index (χ1v) is 11.0. The zero-order chi connectivity index (χ0) is 18.0. The molecule has 9 heteroatoms. The lowest BCUT2D eigenvalue weighted by atomic mass is 10.0. The normalized spacial score (nSPS) is 12.4. The molecule has 0 aliphatic rings. The summed E-state index contributed by atoms with van der Waals surface area (Å²) in [7, 11) is 0. The predicted molar refractivity (Wildman–Crippen MR) is 120 cm³/mol.